The SMILES string of the molecule is Cc1cc(N2CCCC(C(C)(C)C)CC2)ncc1Br. The highest BCUT2D eigenvalue weighted by molar-refractivity contribution is 9.10. The minimum atomic E-state index is 0.430. The van der Waals surface area contributed by atoms with Crippen molar-refractivity contribution in [1.29, 1.82) is 0 Å². The van der Waals surface area contributed by atoms with Gasteiger partial charge in [0.1, 0.15) is 5.82 Å². The van der Waals surface area contributed by atoms with Crippen LogP contribution < -0.4 is 4.90 Å². The van der Waals surface area contributed by atoms with Crippen LogP contribution in [0.3, 0.4) is 0 Å². The molecule has 3 heteroatoms. The van der Waals surface area contributed by atoms with Crippen molar-refractivity contribution in [2.75, 3.05) is 18.0 Å². The van der Waals surface area contributed by atoms with Gasteiger partial charge in [-0.15, -0.1) is 0 Å². The summed E-state index contributed by atoms with van der Waals surface area (Å²) in [4.78, 5) is 7.02. The lowest BCUT2D eigenvalue weighted by Crippen LogP contribution is -2.26. The normalized spacial score (nSPS) is 21.3. The number of anilines is 1. The molecule has 0 bridgehead atoms. The van der Waals surface area contributed by atoms with Crippen molar-refractivity contribution in [2.45, 2.75) is 47.0 Å². The summed E-state index contributed by atoms with van der Waals surface area (Å²) in [5.41, 5.74) is 1.70. The van der Waals surface area contributed by atoms with Gasteiger partial charge in [0.25, 0.3) is 0 Å². The maximum Gasteiger partial charge on any atom is 0.128 e. The second-order valence-electron chi connectivity index (χ2n) is 6.77. The van der Waals surface area contributed by atoms with Gasteiger partial charge in [-0.3, -0.25) is 0 Å². The maximum absolute atomic E-state index is 4.57. The van der Waals surface area contributed by atoms with Crippen molar-refractivity contribution in [3.8, 4) is 0 Å². The average molecular weight is 325 g/mol. The van der Waals surface area contributed by atoms with E-state index in [-0.39, 0.29) is 0 Å². The molecule has 0 N–H and O–H groups in total. The Morgan fingerprint density at radius 3 is 2.63 bits per heavy atom. The zero-order valence-electron chi connectivity index (χ0n) is 12.5. The molecule has 1 saturated heterocycles. The summed E-state index contributed by atoms with van der Waals surface area (Å²) in [5, 5.41) is 0. The first-order valence-corrected chi connectivity index (χ1v) is 8.04. The summed E-state index contributed by atoms with van der Waals surface area (Å²) in [6.07, 6.45) is 5.82. The zero-order valence-corrected chi connectivity index (χ0v) is 14.1. The molecule has 0 aromatic carbocycles. The van der Waals surface area contributed by atoms with Crippen LogP contribution in [-0.4, -0.2) is 18.1 Å². The smallest absolute Gasteiger partial charge is 0.128 e. The molecular weight excluding hydrogens is 300 g/mol. The Kier molecular flexibility index (Phi) is 4.54. The van der Waals surface area contributed by atoms with Crippen molar-refractivity contribution >= 4 is 21.7 Å². The summed E-state index contributed by atoms with van der Waals surface area (Å²) in [6.45, 7) is 11.5. The van der Waals surface area contributed by atoms with Gasteiger partial charge < -0.3 is 4.90 Å². The lowest BCUT2D eigenvalue weighted by molar-refractivity contribution is 0.220. The van der Waals surface area contributed by atoms with Gasteiger partial charge in [0.05, 0.1) is 0 Å². The fourth-order valence-corrected chi connectivity index (χ4v) is 3.11. The molecule has 0 aliphatic carbocycles. The first kappa shape index (κ1) is 14.8. The van der Waals surface area contributed by atoms with Crippen molar-refractivity contribution in [1.82, 2.24) is 4.98 Å². The second-order valence-corrected chi connectivity index (χ2v) is 7.63. The fourth-order valence-electron chi connectivity index (χ4n) is 2.89. The van der Waals surface area contributed by atoms with E-state index in [1.165, 1.54) is 24.8 Å². The Labute approximate surface area is 125 Å². The monoisotopic (exact) mass is 324 g/mol. The molecule has 0 amide bonds. The van der Waals surface area contributed by atoms with Gasteiger partial charge in [0.2, 0.25) is 0 Å². The van der Waals surface area contributed by atoms with E-state index >= 15 is 0 Å². The van der Waals surface area contributed by atoms with Gasteiger partial charge in [-0.1, -0.05) is 20.8 Å². The Bertz CT molecular complexity index is 437. The standard InChI is InChI=1S/C16H25BrN2/c1-12-10-15(18-11-14(12)17)19-8-5-6-13(7-9-19)16(2,3)4/h10-11,13H,5-9H2,1-4H3. The van der Waals surface area contributed by atoms with E-state index in [0.717, 1.165) is 29.3 Å². The number of hydrogen-bond acceptors (Lipinski definition) is 2. The number of aryl methyl sites for hydroxylation is 1. The highest BCUT2D eigenvalue weighted by Gasteiger charge is 2.27. The summed E-state index contributed by atoms with van der Waals surface area (Å²) < 4.78 is 1.10. The molecule has 2 rings (SSSR count). The molecule has 2 heterocycles. The third kappa shape index (κ3) is 3.71. The third-order valence-electron chi connectivity index (χ3n) is 4.31. The Balaban J connectivity index is 2.08. The molecule has 0 spiro atoms. The van der Waals surface area contributed by atoms with E-state index in [2.05, 4.69) is 59.6 Å². The molecule has 1 fully saturated rings. The van der Waals surface area contributed by atoms with E-state index in [0.29, 0.717) is 5.41 Å². The highest BCUT2D eigenvalue weighted by Crippen LogP contribution is 2.35. The Morgan fingerprint density at radius 1 is 1.26 bits per heavy atom. The van der Waals surface area contributed by atoms with Gasteiger partial charge >= 0.3 is 0 Å². The van der Waals surface area contributed by atoms with Crippen LogP contribution >= 0.6 is 15.9 Å². The number of aromatic nitrogens is 1. The van der Waals surface area contributed by atoms with Gasteiger partial charge in [0.15, 0.2) is 0 Å². The molecule has 1 unspecified atom stereocenters. The van der Waals surface area contributed by atoms with Crippen molar-refractivity contribution < 1.29 is 0 Å². The first-order chi connectivity index (χ1) is 8.88. The maximum atomic E-state index is 4.57. The van der Waals surface area contributed by atoms with Gasteiger partial charge in [-0.05, 0) is 65.1 Å². The van der Waals surface area contributed by atoms with Crippen LogP contribution in [0.2, 0.25) is 0 Å². The van der Waals surface area contributed by atoms with Crippen molar-refractivity contribution in [3.63, 3.8) is 0 Å². The van der Waals surface area contributed by atoms with E-state index in [1.54, 1.807) is 0 Å². The molecule has 1 aliphatic rings. The molecule has 106 valence electrons. The molecule has 0 saturated carbocycles. The van der Waals surface area contributed by atoms with E-state index in [1.807, 2.05) is 6.20 Å². The number of hydrogen-bond donors (Lipinski definition) is 0. The van der Waals surface area contributed by atoms with Crippen LogP contribution in [0.5, 0.6) is 0 Å². The minimum absolute atomic E-state index is 0.430. The topological polar surface area (TPSA) is 16.1 Å². The molecule has 1 aliphatic heterocycles. The molecule has 1 aromatic heterocycles. The minimum Gasteiger partial charge on any atom is -0.357 e. The van der Waals surface area contributed by atoms with Crippen LogP contribution in [0.25, 0.3) is 0 Å². The quantitative estimate of drug-likeness (QED) is 0.737. The number of rotatable bonds is 1. The molecule has 19 heavy (non-hydrogen) atoms. The van der Waals surface area contributed by atoms with Crippen LogP contribution in [0, 0.1) is 18.3 Å². The third-order valence-corrected chi connectivity index (χ3v) is 5.14. The second kappa shape index (κ2) is 5.82. The Hall–Kier alpha value is -0.570. The lowest BCUT2D eigenvalue weighted by atomic mass is 9.77. The van der Waals surface area contributed by atoms with Gasteiger partial charge in [-0.2, -0.15) is 0 Å². The van der Waals surface area contributed by atoms with Crippen molar-refractivity contribution in [2.24, 2.45) is 11.3 Å². The van der Waals surface area contributed by atoms with Gasteiger partial charge in [0, 0.05) is 23.8 Å². The largest absolute Gasteiger partial charge is 0.357 e. The van der Waals surface area contributed by atoms with Gasteiger partial charge in [-0.25, -0.2) is 4.98 Å². The zero-order chi connectivity index (χ0) is 14.0. The van der Waals surface area contributed by atoms with Crippen LogP contribution in [0.15, 0.2) is 16.7 Å². The lowest BCUT2D eigenvalue weighted by Gasteiger charge is -2.30. The van der Waals surface area contributed by atoms with E-state index in [9.17, 15) is 0 Å². The number of nitrogens with zero attached hydrogens (tertiary/aromatic N) is 2. The molecule has 1 aromatic rings. The molecular formula is C16H25BrN2. The highest BCUT2D eigenvalue weighted by atomic mass is 79.9. The predicted molar refractivity (Wildman–Crippen MR) is 85.7 cm³/mol. The summed E-state index contributed by atoms with van der Waals surface area (Å²) in [6, 6.07) is 2.20. The first-order valence-electron chi connectivity index (χ1n) is 7.25. The molecule has 0 radical (unpaired) electrons. The fraction of sp³-hybridized carbons (Fsp3) is 0.688. The molecule has 1 atom stereocenters. The van der Waals surface area contributed by atoms with Crippen LogP contribution in [0.4, 0.5) is 5.82 Å². The summed E-state index contributed by atoms with van der Waals surface area (Å²) in [7, 11) is 0. The number of halogens is 1. The van der Waals surface area contributed by atoms with E-state index < -0.39 is 0 Å². The average Bonchev–Trinajstić information content (AvgIpc) is 2.57. The van der Waals surface area contributed by atoms with Crippen molar-refractivity contribution in [3.05, 3.63) is 22.3 Å². The summed E-state index contributed by atoms with van der Waals surface area (Å²) >= 11 is 3.52. The van der Waals surface area contributed by atoms with E-state index in [4.69, 9.17) is 0 Å². The number of pyridine rings is 1. The van der Waals surface area contributed by atoms with Crippen LogP contribution in [-0.2, 0) is 0 Å². The van der Waals surface area contributed by atoms with Crippen LogP contribution in [0.1, 0.15) is 45.6 Å². The predicted octanol–water partition coefficient (Wildman–Crippen LogP) is 4.81. The summed E-state index contributed by atoms with van der Waals surface area (Å²) in [5.74, 6) is 1.96. The Morgan fingerprint density at radius 2 is 2.00 bits per heavy atom. The molecule has 2 nitrogen and oxygen atoms in total.